The number of nitrogens with two attached hydrogens (primary N) is 1. The Morgan fingerprint density at radius 1 is 1.06 bits per heavy atom. The van der Waals surface area contributed by atoms with Crippen molar-refractivity contribution in [3.8, 4) is 0 Å². The van der Waals surface area contributed by atoms with Crippen LogP contribution >= 0.6 is 0 Å². The maximum Gasteiger partial charge on any atom is 0.0804 e. The van der Waals surface area contributed by atoms with E-state index in [0.717, 1.165) is 25.4 Å². The molecule has 1 saturated carbocycles. The van der Waals surface area contributed by atoms with E-state index in [-0.39, 0.29) is 5.60 Å². The van der Waals surface area contributed by atoms with Crippen LogP contribution in [-0.4, -0.2) is 18.8 Å². The van der Waals surface area contributed by atoms with Crippen molar-refractivity contribution in [1.29, 1.82) is 0 Å². The van der Waals surface area contributed by atoms with Gasteiger partial charge in [-0.1, -0.05) is 34.6 Å². The second-order valence-electron chi connectivity index (χ2n) is 7.60. The zero-order valence-electron chi connectivity index (χ0n) is 13.1. The number of rotatable bonds is 6. The highest BCUT2D eigenvalue weighted by Gasteiger charge is 2.38. The first-order chi connectivity index (χ1) is 8.29. The van der Waals surface area contributed by atoms with Crippen LogP contribution in [0.3, 0.4) is 0 Å². The van der Waals surface area contributed by atoms with Crippen molar-refractivity contribution in [3.63, 3.8) is 0 Å². The SMILES string of the molecule is CC(C)CC(C)COC1(CN)CCC(C)(C)CC1. The van der Waals surface area contributed by atoms with Gasteiger partial charge < -0.3 is 10.5 Å². The molecular formula is C16H33NO. The molecule has 18 heavy (non-hydrogen) atoms. The molecule has 2 heteroatoms. The first kappa shape index (κ1) is 16.0. The number of hydrogen-bond donors (Lipinski definition) is 1. The minimum atomic E-state index is -0.0270. The van der Waals surface area contributed by atoms with E-state index in [9.17, 15) is 0 Å². The first-order valence-corrected chi connectivity index (χ1v) is 7.63. The van der Waals surface area contributed by atoms with E-state index in [0.29, 0.717) is 17.9 Å². The van der Waals surface area contributed by atoms with Crippen LogP contribution in [-0.2, 0) is 4.74 Å². The summed E-state index contributed by atoms with van der Waals surface area (Å²) in [6.07, 6.45) is 5.98. The van der Waals surface area contributed by atoms with Crippen molar-refractivity contribution in [2.75, 3.05) is 13.2 Å². The fourth-order valence-corrected chi connectivity index (χ4v) is 2.98. The third-order valence-corrected chi connectivity index (χ3v) is 4.43. The van der Waals surface area contributed by atoms with Crippen molar-refractivity contribution in [3.05, 3.63) is 0 Å². The number of hydrogen-bond acceptors (Lipinski definition) is 2. The van der Waals surface area contributed by atoms with E-state index in [2.05, 4.69) is 34.6 Å². The Labute approximate surface area is 114 Å². The lowest BCUT2D eigenvalue weighted by molar-refractivity contribution is -0.0926. The molecular weight excluding hydrogens is 222 g/mol. The summed E-state index contributed by atoms with van der Waals surface area (Å²) in [7, 11) is 0. The zero-order valence-corrected chi connectivity index (χ0v) is 13.1. The molecule has 1 fully saturated rings. The summed E-state index contributed by atoms with van der Waals surface area (Å²) in [4.78, 5) is 0. The lowest BCUT2D eigenvalue weighted by Crippen LogP contribution is -2.46. The van der Waals surface area contributed by atoms with Gasteiger partial charge in [0.15, 0.2) is 0 Å². The van der Waals surface area contributed by atoms with Gasteiger partial charge in [-0.2, -0.15) is 0 Å². The van der Waals surface area contributed by atoms with Crippen LogP contribution in [0.15, 0.2) is 0 Å². The standard InChI is InChI=1S/C16H33NO/c1-13(2)10-14(3)11-18-16(12-17)8-6-15(4,5)7-9-16/h13-14H,6-12,17H2,1-5H3. The van der Waals surface area contributed by atoms with Crippen LogP contribution in [0.4, 0.5) is 0 Å². The highest BCUT2D eigenvalue weighted by Crippen LogP contribution is 2.41. The van der Waals surface area contributed by atoms with E-state index < -0.39 is 0 Å². The van der Waals surface area contributed by atoms with Gasteiger partial charge in [-0.25, -0.2) is 0 Å². The highest BCUT2D eigenvalue weighted by molar-refractivity contribution is 4.91. The Morgan fingerprint density at radius 2 is 1.61 bits per heavy atom. The minimum Gasteiger partial charge on any atom is -0.373 e. The molecule has 1 rings (SSSR count). The monoisotopic (exact) mass is 255 g/mol. The van der Waals surface area contributed by atoms with Gasteiger partial charge in [0.2, 0.25) is 0 Å². The Balaban J connectivity index is 2.42. The lowest BCUT2D eigenvalue weighted by Gasteiger charge is -2.43. The van der Waals surface area contributed by atoms with Gasteiger partial charge >= 0.3 is 0 Å². The topological polar surface area (TPSA) is 35.2 Å². The van der Waals surface area contributed by atoms with E-state index in [1.165, 1.54) is 19.3 Å². The fraction of sp³-hybridized carbons (Fsp3) is 1.00. The molecule has 2 N–H and O–H groups in total. The molecule has 2 nitrogen and oxygen atoms in total. The predicted molar refractivity (Wildman–Crippen MR) is 78.6 cm³/mol. The lowest BCUT2D eigenvalue weighted by atomic mass is 9.71. The van der Waals surface area contributed by atoms with Gasteiger partial charge in [0.1, 0.15) is 0 Å². The Morgan fingerprint density at radius 3 is 2.06 bits per heavy atom. The summed E-state index contributed by atoms with van der Waals surface area (Å²) >= 11 is 0. The maximum absolute atomic E-state index is 6.25. The van der Waals surface area contributed by atoms with Crippen molar-refractivity contribution in [2.24, 2.45) is 23.0 Å². The quantitative estimate of drug-likeness (QED) is 0.779. The van der Waals surface area contributed by atoms with Crippen molar-refractivity contribution in [2.45, 2.75) is 72.3 Å². The normalized spacial score (nSPS) is 24.2. The molecule has 0 aromatic heterocycles. The molecule has 1 aliphatic carbocycles. The van der Waals surface area contributed by atoms with E-state index in [1.54, 1.807) is 0 Å². The predicted octanol–water partition coefficient (Wildman–Crippen LogP) is 3.98. The van der Waals surface area contributed by atoms with Crippen molar-refractivity contribution < 1.29 is 4.74 Å². The summed E-state index contributed by atoms with van der Waals surface area (Å²) in [5, 5.41) is 0. The van der Waals surface area contributed by atoms with Gasteiger partial charge in [-0.3, -0.25) is 0 Å². The largest absolute Gasteiger partial charge is 0.373 e. The smallest absolute Gasteiger partial charge is 0.0804 e. The zero-order chi connectivity index (χ0) is 13.8. The molecule has 0 aromatic rings. The van der Waals surface area contributed by atoms with Gasteiger partial charge in [-0.05, 0) is 49.4 Å². The molecule has 0 aromatic carbocycles. The molecule has 1 atom stereocenters. The summed E-state index contributed by atoms with van der Waals surface area (Å²) in [6.45, 7) is 13.1. The third kappa shape index (κ3) is 4.89. The molecule has 1 unspecified atom stereocenters. The third-order valence-electron chi connectivity index (χ3n) is 4.43. The molecule has 0 heterocycles. The molecule has 0 amide bonds. The average Bonchev–Trinajstić information content (AvgIpc) is 2.28. The van der Waals surface area contributed by atoms with Crippen LogP contribution in [0.1, 0.15) is 66.7 Å². The van der Waals surface area contributed by atoms with E-state index in [4.69, 9.17) is 10.5 Å². The van der Waals surface area contributed by atoms with Gasteiger partial charge in [0, 0.05) is 13.2 Å². The molecule has 108 valence electrons. The summed E-state index contributed by atoms with van der Waals surface area (Å²) in [5.41, 5.74) is 6.44. The molecule has 0 saturated heterocycles. The fourth-order valence-electron chi connectivity index (χ4n) is 2.98. The summed E-state index contributed by atoms with van der Waals surface area (Å²) in [6, 6.07) is 0. The van der Waals surface area contributed by atoms with Gasteiger partial charge in [0.05, 0.1) is 5.60 Å². The molecule has 0 spiro atoms. The van der Waals surface area contributed by atoms with Crippen molar-refractivity contribution >= 4 is 0 Å². The Kier molecular flexibility index (Phi) is 5.67. The molecule has 0 radical (unpaired) electrons. The van der Waals surface area contributed by atoms with E-state index >= 15 is 0 Å². The van der Waals surface area contributed by atoms with Crippen molar-refractivity contribution in [1.82, 2.24) is 0 Å². The van der Waals surface area contributed by atoms with Crippen LogP contribution in [0, 0.1) is 17.3 Å². The molecule has 1 aliphatic rings. The van der Waals surface area contributed by atoms with Crippen LogP contribution < -0.4 is 5.73 Å². The second kappa shape index (κ2) is 6.38. The summed E-state index contributed by atoms with van der Waals surface area (Å²) < 4.78 is 6.25. The minimum absolute atomic E-state index is 0.0270. The van der Waals surface area contributed by atoms with Gasteiger partial charge in [0.25, 0.3) is 0 Å². The van der Waals surface area contributed by atoms with Gasteiger partial charge in [-0.15, -0.1) is 0 Å². The van der Waals surface area contributed by atoms with Crippen LogP contribution in [0.25, 0.3) is 0 Å². The Hall–Kier alpha value is -0.0800. The molecule has 0 bridgehead atoms. The molecule has 0 aliphatic heterocycles. The maximum atomic E-state index is 6.25. The number of ether oxygens (including phenoxy) is 1. The average molecular weight is 255 g/mol. The Bertz CT molecular complexity index is 237. The summed E-state index contributed by atoms with van der Waals surface area (Å²) in [5.74, 6) is 1.39. The first-order valence-electron chi connectivity index (χ1n) is 7.63. The second-order valence-corrected chi connectivity index (χ2v) is 7.60. The van der Waals surface area contributed by atoms with Crippen LogP contribution in [0.5, 0.6) is 0 Å². The van der Waals surface area contributed by atoms with Crippen LogP contribution in [0.2, 0.25) is 0 Å². The van der Waals surface area contributed by atoms with E-state index in [1.807, 2.05) is 0 Å². The highest BCUT2D eigenvalue weighted by atomic mass is 16.5.